The molecule has 1 atom stereocenters. The maximum atomic E-state index is 5.55. The Kier molecular flexibility index (Phi) is 1.95. The molecule has 1 heterocycles. The summed E-state index contributed by atoms with van der Waals surface area (Å²) in [6, 6.07) is 0.613. The fraction of sp³-hybridized carbons (Fsp3) is 1.00. The van der Waals surface area contributed by atoms with Gasteiger partial charge in [-0.3, -0.25) is 0 Å². The zero-order valence-corrected chi connectivity index (χ0v) is 5.04. The van der Waals surface area contributed by atoms with E-state index in [1.165, 1.54) is 12.8 Å². The zero-order valence-electron chi connectivity index (χ0n) is 4.28. The molecule has 1 fully saturated rings. The molecule has 0 bridgehead atoms. The summed E-state index contributed by atoms with van der Waals surface area (Å²) in [7, 11) is 0. The van der Waals surface area contributed by atoms with E-state index in [0.29, 0.717) is 6.04 Å². The predicted molar refractivity (Wildman–Crippen MR) is 31.7 cm³/mol. The fourth-order valence-corrected chi connectivity index (χ4v) is 1.15. The molecule has 1 saturated heterocycles. The lowest BCUT2D eigenvalue weighted by Gasteiger charge is -2.00. The van der Waals surface area contributed by atoms with Gasteiger partial charge in [0.15, 0.2) is 0 Å². The van der Waals surface area contributed by atoms with Crippen LogP contribution < -0.4 is 5.32 Å². The molecule has 1 aliphatic heterocycles. The fourth-order valence-electron chi connectivity index (χ4n) is 0.888. The molecule has 7 heavy (non-hydrogen) atoms. The van der Waals surface area contributed by atoms with Gasteiger partial charge in [0.25, 0.3) is 0 Å². The van der Waals surface area contributed by atoms with Crippen LogP contribution in [0, 0.1) is 0 Å². The van der Waals surface area contributed by atoms with Crippen LogP contribution in [0.3, 0.4) is 0 Å². The summed E-state index contributed by atoms with van der Waals surface area (Å²) in [4.78, 5) is 0. The minimum Gasteiger partial charge on any atom is -0.313 e. The van der Waals surface area contributed by atoms with E-state index in [0.717, 1.165) is 12.4 Å². The van der Waals surface area contributed by atoms with E-state index in [1.54, 1.807) is 0 Å². The smallest absolute Gasteiger partial charge is 0.0377 e. The first-order chi connectivity index (χ1) is 3.43. The molecular formula is C5H10ClN. The lowest BCUT2D eigenvalue weighted by Crippen LogP contribution is -2.22. The van der Waals surface area contributed by atoms with Gasteiger partial charge in [0.1, 0.15) is 0 Å². The van der Waals surface area contributed by atoms with E-state index in [9.17, 15) is 0 Å². The molecule has 1 N–H and O–H groups in total. The molecule has 0 aromatic rings. The van der Waals surface area contributed by atoms with Gasteiger partial charge in [-0.15, -0.1) is 11.6 Å². The van der Waals surface area contributed by atoms with E-state index in [4.69, 9.17) is 11.6 Å². The quantitative estimate of drug-likeness (QED) is 0.508. The van der Waals surface area contributed by atoms with Gasteiger partial charge in [-0.2, -0.15) is 0 Å². The molecule has 1 rings (SSSR count). The van der Waals surface area contributed by atoms with Crippen molar-refractivity contribution < 1.29 is 0 Å². The Bertz CT molecular complexity index is 50.0. The van der Waals surface area contributed by atoms with Crippen LogP contribution in [0.1, 0.15) is 12.8 Å². The third-order valence-electron chi connectivity index (χ3n) is 1.35. The molecular weight excluding hydrogens is 110 g/mol. The first kappa shape index (κ1) is 5.39. The number of alkyl halides is 1. The number of hydrogen-bond acceptors (Lipinski definition) is 1. The molecule has 0 aliphatic carbocycles. The van der Waals surface area contributed by atoms with E-state index in [-0.39, 0.29) is 0 Å². The van der Waals surface area contributed by atoms with Gasteiger partial charge in [-0.1, -0.05) is 0 Å². The summed E-state index contributed by atoms with van der Waals surface area (Å²) < 4.78 is 0. The van der Waals surface area contributed by atoms with Crippen LogP contribution in [0.4, 0.5) is 0 Å². The van der Waals surface area contributed by atoms with Crippen molar-refractivity contribution in [2.75, 3.05) is 12.4 Å². The molecule has 1 aliphatic rings. The number of nitrogens with one attached hydrogen (secondary N) is 1. The number of hydrogen-bond donors (Lipinski definition) is 1. The van der Waals surface area contributed by atoms with Gasteiger partial charge < -0.3 is 5.32 Å². The second-order valence-corrected chi connectivity index (χ2v) is 2.26. The second-order valence-electron chi connectivity index (χ2n) is 1.95. The summed E-state index contributed by atoms with van der Waals surface area (Å²) in [5, 5.41) is 3.27. The first-order valence-electron chi connectivity index (χ1n) is 2.73. The molecule has 0 aromatic heterocycles. The van der Waals surface area contributed by atoms with Crippen LogP contribution in [-0.4, -0.2) is 18.5 Å². The highest BCUT2D eigenvalue weighted by Gasteiger charge is 2.10. The van der Waals surface area contributed by atoms with E-state index >= 15 is 0 Å². The molecule has 42 valence electrons. The van der Waals surface area contributed by atoms with Crippen molar-refractivity contribution in [1.82, 2.24) is 5.32 Å². The summed E-state index contributed by atoms with van der Waals surface area (Å²) >= 11 is 5.55. The van der Waals surface area contributed by atoms with Crippen LogP contribution in [-0.2, 0) is 0 Å². The maximum Gasteiger partial charge on any atom is 0.0377 e. The Morgan fingerprint density at radius 3 is 2.86 bits per heavy atom. The van der Waals surface area contributed by atoms with Gasteiger partial charge >= 0.3 is 0 Å². The van der Waals surface area contributed by atoms with E-state index in [1.807, 2.05) is 0 Å². The van der Waals surface area contributed by atoms with Crippen molar-refractivity contribution >= 4 is 11.6 Å². The third-order valence-corrected chi connectivity index (χ3v) is 1.72. The minimum atomic E-state index is 0.613. The first-order valence-corrected chi connectivity index (χ1v) is 3.26. The molecule has 0 aromatic carbocycles. The van der Waals surface area contributed by atoms with E-state index < -0.39 is 0 Å². The predicted octanol–water partition coefficient (Wildman–Crippen LogP) is 0.977. The zero-order chi connectivity index (χ0) is 5.11. The summed E-state index contributed by atoms with van der Waals surface area (Å²) in [6.45, 7) is 1.16. The Morgan fingerprint density at radius 2 is 2.57 bits per heavy atom. The van der Waals surface area contributed by atoms with Gasteiger partial charge in [0.05, 0.1) is 0 Å². The summed E-state index contributed by atoms with van der Waals surface area (Å²) in [5.74, 6) is 0.778. The van der Waals surface area contributed by atoms with Crippen LogP contribution >= 0.6 is 11.6 Å². The van der Waals surface area contributed by atoms with Crippen molar-refractivity contribution in [3.8, 4) is 0 Å². The Hall–Kier alpha value is 0.250. The highest BCUT2D eigenvalue weighted by molar-refractivity contribution is 6.18. The van der Waals surface area contributed by atoms with Crippen LogP contribution in [0.5, 0.6) is 0 Å². The highest BCUT2D eigenvalue weighted by Crippen LogP contribution is 2.04. The van der Waals surface area contributed by atoms with E-state index in [2.05, 4.69) is 5.32 Å². The van der Waals surface area contributed by atoms with Gasteiger partial charge in [-0.25, -0.2) is 0 Å². The summed E-state index contributed by atoms with van der Waals surface area (Å²) in [6.07, 6.45) is 2.57. The molecule has 0 unspecified atom stereocenters. The maximum absolute atomic E-state index is 5.55. The molecule has 0 saturated carbocycles. The average molecular weight is 120 g/mol. The Labute approximate surface area is 49.0 Å². The van der Waals surface area contributed by atoms with Gasteiger partial charge in [-0.05, 0) is 19.4 Å². The van der Waals surface area contributed by atoms with Gasteiger partial charge in [0.2, 0.25) is 0 Å². The lowest BCUT2D eigenvalue weighted by atomic mass is 10.3. The second kappa shape index (κ2) is 2.53. The molecule has 1 nitrogen and oxygen atoms in total. The summed E-state index contributed by atoms with van der Waals surface area (Å²) in [5.41, 5.74) is 0. The molecule has 2 heteroatoms. The van der Waals surface area contributed by atoms with Crippen molar-refractivity contribution in [2.45, 2.75) is 18.9 Å². The standard InChI is InChI=1S/C5H10ClN/c6-4-5-2-1-3-7-5/h5,7H,1-4H2/t5-/m0/s1. The van der Waals surface area contributed by atoms with Crippen LogP contribution in [0.25, 0.3) is 0 Å². The molecule has 0 spiro atoms. The average Bonchev–Trinajstić information content (AvgIpc) is 2.14. The highest BCUT2D eigenvalue weighted by atomic mass is 35.5. The van der Waals surface area contributed by atoms with Crippen molar-refractivity contribution in [3.63, 3.8) is 0 Å². The molecule has 0 radical (unpaired) electrons. The van der Waals surface area contributed by atoms with Crippen molar-refractivity contribution in [1.29, 1.82) is 0 Å². The SMILES string of the molecule is ClC[C@@H]1CCCN1. The Balaban J connectivity index is 2.14. The topological polar surface area (TPSA) is 12.0 Å². The van der Waals surface area contributed by atoms with Gasteiger partial charge in [0, 0.05) is 11.9 Å². The number of rotatable bonds is 1. The van der Waals surface area contributed by atoms with Crippen molar-refractivity contribution in [3.05, 3.63) is 0 Å². The molecule has 0 amide bonds. The van der Waals surface area contributed by atoms with Crippen molar-refractivity contribution in [2.24, 2.45) is 0 Å². The largest absolute Gasteiger partial charge is 0.313 e. The Morgan fingerprint density at radius 1 is 1.71 bits per heavy atom. The van der Waals surface area contributed by atoms with Crippen LogP contribution in [0.15, 0.2) is 0 Å². The lowest BCUT2D eigenvalue weighted by molar-refractivity contribution is 0.670. The third kappa shape index (κ3) is 1.32. The monoisotopic (exact) mass is 119 g/mol. The van der Waals surface area contributed by atoms with Crippen LogP contribution in [0.2, 0.25) is 0 Å². The normalized spacial score (nSPS) is 31.3. The minimum absolute atomic E-state index is 0.613. The number of halogens is 1.